The highest BCUT2D eigenvalue weighted by atomic mass is 79.9. The zero-order valence-corrected chi connectivity index (χ0v) is 14.4. The summed E-state index contributed by atoms with van der Waals surface area (Å²) in [7, 11) is 0. The summed E-state index contributed by atoms with van der Waals surface area (Å²) in [6, 6.07) is 6.96. The van der Waals surface area contributed by atoms with Gasteiger partial charge in [0.1, 0.15) is 0 Å². The van der Waals surface area contributed by atoms with Gasteiger partial charge >= 0.3 is 0 Å². The van der Waals surface area contributed by atoms with Gasteiger partial charge in [0.05, 0.1) is 12.3 Å². The van der Waals surface area contributed by atoms with Gasteiger partial charge in [0.2, 0.25) is 0 Å². The van der Waals surface area contributed by atoms with Crippen LogP contribution in [0.1, 0.15) is 39.2 Å². The molecular formula is C16H27BrN2O. The lowest BCUT2D eigenvalue weighted by molar-refractivity contribution is 0.301. The Morgan fingerprint density at radius 2 is 2.05 bits per heavy atom. The van der Waals surface area contributed by atoms with Crippen molar-refractivity contribution in [3.8, 4) is 0 Å². The summed E-state index contributed by atoms with van der Waals surface area (Å²) in [5, 5.41) is 12.6. The van der Waals surface area contributed by atoms with E-state index >= 15 is 0 Å². The first-order valence-corrected chi connectivity index (χ1v) is 8.25. The highest BCUT2D eigenvalue weighted by molar-refractivity contribution is 9.10. The van der Waals surface area contributed by atoms with Gasteiger partial charge in [0.15, 0.2) is 0 Å². The van der Waals surface area contributed by atoms with Gasteiger partial charge in [-0.2, -0.15) is 0 Å². The number of benzene rings is 1. The van der Waals surface area contributed by atoms with Gasteiger partial charge < -0.3 is 15.3 Å². The van der Waals surface area contributed by atoms with Crippen LogP contribution >= 0.6 is 15.9 Å². The Labute approximate surface area is 131 Å². The Hall–Kier alpha value is -0.580. The first-order valence-electron chi connectivity index (χ1n) is 7.46. The van der Waals surface area contributed by atoms with E-state index in [0.29, 0.717) is 12.6 Å². The first kappa shape index (κ1) is 17.5. The molecule has 0 aliphatic rings. The van der Waals surface area contributed by atoms with Crippen molar-refractivity contribution in [1.29, 1.82) is 0 Å². The first-order chi connectivity index (χ1) is 9.58. The Balaban J connectivity index is 2.77. The topological polar surface area (TPSA) is 35.5 Å². The van der Waals surface area contributed by atoms with Gasteiger partial charge in [-0.25, -0.2) is 0 Å². The summed E-state index contributed by atoms with van der Waals surface area (Å²) in [4.78, 5) is 2.24. The molecule has 0 spiro atoms. The van der Waals surface area contributed by atoms with Crippen LogP contribution in [-0.4, -0.2) is 30.8 Å². The monoisotopic (exact) mass is 342 g/mol. The molecule has 2 N–H and O–H groups in total. The number of aliphatic hydroxyl groups excluding tert-OH is 1. The van der Waals surface area contributed by atoms with Crippen molar-refractivity contribution in [1.82, 2.24) is 5.32 Å². The summed E-state index contributed by atoms with van der Waals surface area (Å²) in [6.45, 7) is 9.22. The lowest BCUT2D eigenvalue weighted by atomic mass is 10.1. The molecule has 0 aromatic heterocycles. The number of nitrogens with zero attached hydrogens (tertiary/aromatic N) is 1. The van der Waals surface area contributed by atoms with Crippen molar-refractivity contribution in [3.63, 3.8) is 0 Å². The maximum absolute atomic E-state index is 9.22. The molecule has 4 heteroatoms. The predicted octanol–water partition coefficient (Wildman–Crippen LogP) is 3.55. The Kier molecular flexibility index (Phi) is 8.19. The average molecular weight is 343 g/mol. The van der Waals surface area contributed by atoms with Crippen LogP contribution in [0.4, 0.5) is 5.69 Å². The number of halogens is 1. The average Bonchev–Trinajstić information content (AvgIpc) is 2.41. The van der Waals surface area contributed by atoms with Crippen molar-refractivity contribution in [2.45, 2.75) is 46.2 Å². The minimum absolute atomic E-state index is 0.187. The fourth-order valence-corrected chi connectivity index (χ4v) is 2.74. The lowest BCUT2D eigenvalue weighted by Gasteiger charge is -2.25. The third kappa shape index (κ3) is 5.81. The molecule has 114 valence electrons. The van der Waals surface area contributed by atoms with Crippen molar-refractivity contribution in [3.05, 3.63) is 28.2 Å². The number of rotatable bonds is 9. The van der Waals surface area contributed by atoms with Crippen LogP contribution < -0.4 is 10.2 Å². The van der Waals surface area contributed by atoms with Crippen LogP contribution in [0.25, 0.3) is 0 Å². The van der Waals surface area contributed by atoms with E-state index in [2.05, 4.69) is 65.1 Å². The quantitative estimate of drug-likeness (QED) is 0.720. The van der Waals surface area contributed by atoms with Crippen LogP contribution in [0.2, 0.25) is 0 Å². The van der Waals surface area contributed by atoms with Gasteiger partial charge in [-0.1, -0.05) is 33.3 Å². The van der Waals surface area contributed by atoms with E-state index in [4.69, 9.17) is 0 Å². The third-order valence-electron chi connectivity index (χ3n) is 3.22. The van der Waals surface area contributed by atoms with Crippen LogP contribution in [0, 0.1) is 0 Å². The maximum atomic E-state index is 9.22. The summed E-state index contributed by atoms with van der Waals surface area (Å²) in [6.07, 6.45) is 2.30. The number of hydrogen-bond donors (Lipinski definition) is 2. The minimum atomic E-state index is 0.187. The van der Waals surface area contributed by atoms with E-state index in [1.54, 1.807) is 0 Å². The molecule has 0 unspecified atom stereocenters. The second-order valence-corrected chi connectivity index (χ2v) is 6.24. The summed E-state index contributed by atoms with van der Waals surface area (Å²) >= 11 is 3.67. The molecule has 0 saturated heterocycles. The van der Waals surface area contributed by atoms with Crippen LogP contribution in [0.5, 0.6) is 0 Å². The number of unbranched alkanes of at least 4 members (excludes halogenated alkanes) is 1. The van der Waals surface area contributed by atoms with E-state index in [1.165, 1.54) is 11.3 Å². The van der Waals surface area contributed by atoms with E-state index in [9.17, 15) is 5.11 Å². The summed E-state index contributed by atoms with van der Waals surface area (Å²) in [5.74, 6) is 0. The molecule has 0 heterocycles. The van der Waals surface area contributed by atoms with Gasteiger partial charge in [-0.05, 0) is 40.0 Å². The molecular weight excluding hydrogens is 316 g/mol. The molecule has 0 amide bonds. The lowest BCUT2D eigenvalue weighted by Crippen LogP contribution is -2.28. The molecule has 0 bridgehead atoms. The zero-order chi connectivity index (χ0) is 15.0. The summed E-state index contributed by atoms with van der Waals surface area (Å²) in [5.41, 5.74) is 2.44. The maximum Gasteiger partial charge on any atom is 0.0606 e. The van der Waals surface area contributed by atoms with E-state index in [0.717, 1.165) is 30.4 Å². The molecule has 20 heavy (non-hydrogen) atoms. The van der Waals surface area contributed by atoms with Gasteiger partial charge in [-0.15, -0.1) is 0 Å². The van der Waals surface area contributed by atoms with Crippen molar-refractivity contribution in [2.75, 3.05) is 24.6 Å². The largest absolute Gasteiger partial charge is 0.395 e. The van der Waals surface area contributed by atoms with Crippen molar-refractivity contribution >= 4 is 21.6 Å². The Morgan fingerprint density at radius 1 is 1.30 bits per heavy atom. The molecule has 1 aromatic carbocycles. The molecule has 3 nitrogen and oxygen atoms in total. The molecule has 0 saturated carbocycles. The molecule has 0 radical (unpaired) electrons. The van der Waals surface area contributed by atoms with E-state index in [-0.39, 0.29) is 6.61 Å². The number of hydrogen-bond acceptors (Lipinski definition) is 3. The third-order valence-corrected chi connectivity index (χ3v) is 3.85. The fourth-order valence-electron chi connectivity index (χ4n) is 2.06. The SMILES string of the molecule is CCCCN(CCO)c1ccc(CNC(C)C)cc1Br. The smallest absolute Gasteiger partial charge is 0.0606 e. The van der Waals surface area contributed by atoms with Gasteiger partial charge in [0, 0.05) is 30.1 Å². The number of aliphatic hydroxyl groups is 1. The summed E-state index contributed by atoms with van der Waals surface area (Å²) < 4.78 is 1.10. The van der Waals surface area contributed by atoms with E-state index < -0.39 is 0 Å². The van der Waals surface area contributed by atoms with Gasteiger partial charge in [0.25, 0.3) is 0 Å². The highest BCUT2D eigenvalue weighted by Crippen LogP contribution is 2.27. The van der Waals surface area contributed by atoms with Crippen LogP contribution in [0.3, 0.4) is 0 Å². The van der Waals surface area contributed by atoms with Crippen molar-refractivity contribution in [2.24, 2.45) is 0 Å². The zero-order valence-electron chi connectivity index (χ0n) is 12.8. The van der Waals surface area contributed by atoms with Crippen LogP contribution in [-0.2, 0) is 6.54 Å². The van der Waals surface area contributed by atoms with E-state index in [1.807, 2.05) is 0 Å². The predicted molar refractivity (Wildman–Crippen MR) is 90.3 cm³/mol. The number of nitrogens with one attached hydrogen (secondary N) is 1. The molecule has 0 aliphatic carbocycles. The van der Waals surface area contributed by atoms with Gasteiger partial charge in [-0.3, -0.25) is 0 Å². The van der Waals surface area contributed by atoms with Crippen LogP contribution in [0.15, 0.2) is 22.7 Å². The highest BCUT2D eigenvalue weighted by Gasteiger charge is 2.10. The molecule has 1 aromatic rings. The second kappa shape index (κ2) is 9.37. The molecule has 0 atom stereocenters. The standard InChI is InChI=1S/C16H27BrN2O/c1-4-5-8-19(9-10-20)16-7-6-14(11-15(16)17)12-18-13(2)3/h6-7,11,13,18,20H,4-5,8-10,12H2,1-3H3. The molecule has 0 fully saturated rings. The fraction of sp³-hybridized carbons (Fsp3) is 0.625. The molecule has 1 rings (SSSR count). The van der Waals surface area contributed by atoms with Crippen molar-refractivity contribution < 1.29 is 5.11 Å². The number of anilines is 1. The normalized spacial score (nSPS) is 11.1. The second-order valence-electron chi connectivity index (χ2n) is 5.39. The molecule has 0 aliphatic heterocycles. The Bertz CT molecular complexity index is 396. The minimum Gasteiger partial charge on any atom is -0.395 e. The Morgan fingerprint density at radius 3 is 2.60 bits per heavy atom.